The van der Waals surface area contributed by atoms with E-state index in [1.54, 1.807) is 81.4 Å². The maximum Gasteiger partial charge on any atom is 0.311 e. The van der Waals surface area contributed by atoms with Crippen molar-refractivity contribution in [3.05, 3.63) is 108 Å². The minimum Gasteiger partial charge on any atom is -0.461 e. The smallest absolute Gasteiger partial charge is 0.311 e. The van der Waals surface area contributed by atoms with Crippen LogP contribution in [0.15, 0.2) is 91.0 Å². The minimum absolute atomic E-state index is 0.0506. The zero-order valence-electron chi connectivity index (χ0n) is 26.5. The number of hydrogen-bond donors (Lipinski definition) is 3. The Bertz CT molecular complexity index is 1380. The van der Waals surface area contributed by atoms with Crippen LogP contribution in [0.25, 0.3) is 0 Å². The Hall–Kier alpha value is -4.15. The molecular formula is C36H44F2N2O6. The zero-order valence-corrected chi connectivity index (χ0v) is 26.5. The van der Waals surface area contributed by atoms with Crippen LogP contribution in [-0.4, -0.2) is 47.1 Å². The first-order chi connectivity index (χ1) is 21.9. The van der Waals surface area contributed by atoms with Crippen molar-refractivity contribution in [1.29, 1.82) is 0 Å². The van der Waals surface area contributed by atoms with Gasteiger partial charge in [0.05, 0.1) is 18.5 Å². The molecule has 248 valence electrons. The Morgan fingerprint density at radius 2 is 1.37 bits per heavy atom. The van der Waals surface area contributed by atoms with Gasteiger partial charge in [0, 0.05) is 6.42 Å². The van der Waals surface area contributed by atoms with E-state index in [9.17, 15) is 19.5 Å². The van der Waals surface area contributed by atoms with E-state index in [0.717, 1.165) is 11.1 Å². The molecule has 3 aromatic rings. The molecule has 8 nitrogen and oxygen atoms in total. The number of aryl methyl sites for hydroxylation is 1. The molecule has 0 spiro atoms. The van der Waals surface area contributed by atoms with Gasteiger partial charge in [0.2, 0.25) is 5.91 Å². The highest BCUT2D eigenvalue weighted by Gasteiger charge is 2.53. The molecule has 0 heterocycles. The van der Waals surface area contributed by atoms with Gasteiger partial charge in [-0.2, -0.15) is 8.78 Å². The standard InChI is InChI=1S/C36H44F2N2O6/c1-24(2)21-31(43)46-34(36(37,38)29(41)20-19-26-13-7-4-8-14-26)33(28-17-11-6-12-18-28)40-35(44)32(39)25(3)22-30(42)45-23-27-15-9-5-10-16-27/h4-18,24-25,29,32-34,41H,19-23,39H2,1-3H3,(H,40,44)/t25?,29?,32-,33?,34?/m0/s1. The lowest BCUT2D eigenvalue weighted by molar-refractivity contribution is -0.209. The van der Waals surface area contributed by atoms with Crippen LogP contribution in [0.5, 0.6) is 0 Å². The van der Waals surface area contributed by atoms with Crippen LogP contribution in [0, 0.1) is 11.8 Å². The first kappa shape index (κ1) is 36.3. The lowest BCUT2D eigenvalue weighted by Gasteiger charge is -2.37. The van der Waals surface area contributed by atoms with Crippen molar-refractivity contribution >= 4 is 17.8 Å². The molecule has 0 aliphatic heterocycles. The number of rotatable bonds is 17. The van der Waals surface area contributed by atoms with E-state index in [4.69, 9.17) is 15.2 Å². The van der Waals surface area contributed by atoms with Crippen molar-refractivity contribution in [2.75, 3.05) is 0 Å². The number of nitrogens with two attached hydrogens (primary N) is 1. The third-order valence-corrected chi connectivity index (χ3v) is 7.61. The van der Waals surface area contributed by atoms with Crippen molar-refractivity contribution in [2.24, 2.45) is 17.6 Å². The molecule has 4 unspecified atom stereocenters. The number of ether oxygens (including phenoxy) is 2. The Labute approximate surface area is 269 Å². The lowest BCUT2D eigenvalue weighted by atomic mass is 9.90. The summed E-state index contributed by atoms with van der Waals surface area (Å²) in [5.74, 6) is -7.20. The van der Waals surface area contributed by atoms with Gasteiger partial charge in [-0.1, -0.05) is 112 Å². The quantitative estimate of drug-likeness (QED) is 0.166. The Morgan fingerprint density at radius 1 is 0.826 bits per heavy atom. The molecule has 0 radical (unpaired) electrons. The first-order valence-corrected chi connectivity index (χ1v) is 15.5. The van der Waals surface area contributed by atoms with E-state index in [1.165, 1.54) is 12.1 Å². The van der Waals surface area contributed by atoms with Crippen LogP contribution in [0.1, 0.15) is 62.8 Å². The summed E-state index contributed by atoms with van der Waals surface area (Å²) >= 11 is 0. The zero-order chi connectivity index (χ0) is 33.7. The predicted octanol–water partition coefficient (Wildman–Crippen LogP) is 5.53. The summed E-state index contributed by atoms with van der Waals surface area (Å²) in [4.78, 5) is 38.8. The number of carbonyl (C=O) groups excluding carboxylic acids is 3. The topological polar surface area (TPSA) is 128 Å². The third kappa shape index (κ3) is 11.0. The molecule has 0 aromatic heterocycles. The van der Waals surface area contributed by atoms with Gasteiger partial charge in [0.15, 0.2) is 6.10 Å². The van der Waals surface area contributed by atoms with E-state index in [0.29, 0.717) is 0 Å². The summed E-state index contributed by atoms with van der Waals surface area (Å²) in [6, 6.07) is 22.9. The summed E-state index contributed by atoms with van der Waals surface area (Å²) < 4.78 is 43.2. The predicted molar refractivity (Wildman–Crippen MR) is 170 cm³/mol. The third-order valence-electron chi connectivity index (χ3n) is 7.61. The van der Waals surface area contributed by atoms with Gasteiger partial charge < -0.3 is 25.6 Å². The molecule has 46 heavy (non-hydrogen) atoms. The molecule has 0 saturated heterocycles. The molecule has 3 rings (SSSR count). The van der Waals surface area contributed by atoms with Crippen molar-refractivity contribution in [1.82, 2.24) is 5.32 Å². The number of hydrogen-bond acceptors (Lipinski definition) is 7. The molecule has 0 bridgehead atoms. The number of amides is 1. The largest absolute Gasteiger partial charge is 0.461 e. The van der Waals surface area contributed by atoms with E-state index >= 15 is 8.78 Å². The van der Waals surface area contributed by atoms with Crippen LogP contribution < -0.4 is 11.1 Å². The van der Waals surface area contributed by atoms with Crippen LogP contribution in [0.2, 0.25) is 0 Å². The van der Waals surface area contributed by atoms with Crippen LogP contribution >= 0.6 is 0 Å². The van der Waals surface area contributed by atoms with Gasteiger partial charge in [-0.15, -0.1) is 0 Å². The van der Waals surface area contributed by atoms with Crippen LogP contribution in [0.3, 0.4) is 0 Å². The second-order valence-corrected chi connectivity index (χ2v) is 12.0. The number of aliphatic hydroxyl groups excluding tert-OH is 1. The highest BCUT2D eigenvalue weighted by atomic mass is 19.3. The SMILES string of the molecule is CC(C)CC(=O)OC(C(NC(=O)[C@@H](N)C(C)CC(=O)OCc1ccccc1)c1ccccc1)C(F)(F)C(O)CCc1ccccc1. The molecule has 4 N–H and O–H groups in total. The molecule has 10 heteroatoms. The summed E-state index contributed by atoms with van der Waals surface area (Å²) in [7, 11) is 0. The van der Waals surface area contributed by atoms with Crippen molar-refractivity contribution < 1.29 is 37.7 Å². The Kier molecular flexibility index (Phi) is 13.8. The minimum atomic E-state index is -3.98. The number of aliphatic hydroxyl groups is 1. The number of benzene rings is 3. The second kappa shape index (κ2) is 17.5. The van der Waals surface area contributed by atoms with Gasteiger partial charge in [-0.05, 0) is 41.4 Å². The van der Waals surface area contributed by atoms with Gasteiger partial charge >= 0.3 is 17.9 Å². The fourth-order valence-electron chi connectivity index (χ4n) is 4.91. The molecule has 1 amide bonds. The highest BCUT2D eigenvalue weighted by Crippen LogP contribution is 2.37. The van der Waals surface area contributed by atoms with Crippen molar-refractivity contribution in [3.8, 4) is 0 Å². The molecule has 0 fully saturated rings. The molecule has 3 aromatic carbocycles. The number of esters is 2. The fourth-order valence-corrected chi connectivity index (χ4v) is 4.91. The van der Waals surface area contributed by atoms with E-state index < -0.39 is 54.0 Å². The maximum absolute atomic E-state index is 16.3. The first-order valence-electron chi connectivity index (χ1n) is 15.5. The summed E-state index contributed by atoms with van der Waals surface area (Å²) in [6.45, 7) is 5.11. The summed E-state index contributed by atoms with van der Waals surface area (Å²) in [5, 5.41) is 13.4. The van der Waals surface area contributed by atoms with Gasteiger partial charge in [0.25, 0.3) is 0 Å². The van der Waals surface area contributed by atoms with Crippen LogP contribution in [-0.2, 0) is 36.9 Å². The Balaban J connectivity index is 1.82. The molecule has 0 aliphatic rings. The monoisotopic (exact) mass is 638 g/mol. The lowest BCUT2D eigenvalue weighted by Crippen LogP contribution is -2.56. The van der Waals surface area contributed by atoms with Gasteiger partial charge in [-0.3, -0.25) is 14.4 Å². The Morgan fingerprint density at radius 3 is 1.93 bits per heavy atom. The number of nitrogens with one attached hydrogen (secondary N) is 1. The fraction of sp³-hybridized carbons (Fsp3) is 0.417. The molecule has 5 atom stereocenters. The van der Waals surface area contributed by atoms with E-state index in [-0.39, 0.29) is 43.8 Å². The molecular weight excluding hydrogens is 594 g/mol. The second-order valence-electron chi connectivity index (χ2n) is 12.0. The van der Waals surface area contributed by atoms with E-state index in [1.807, 2.05) is 18.2 Å². The summed E-state index contributed by atoms with van der Waals surface area (Å²) in [5.41, 5.74) is 7.99. The highest BCUT2D eigenvalue weighted by molar-refractivity contribution is 5.83. The number of carbonyl (C=O) groups is 3. The van der Waals surface area contributed by atoms with Gasteiger partial charge in [0.1, 0.15) is 12.7 Å². The molecule has 0 saturated carbocycles. The van der Waals surface area contributed by atoms with Gasteiger partial charge in [-0.25, -0.2) is 0 Å². The maximum atomic E-state index is 16.3. The van der Waals surface area contributed by atoms with Crippen molar-refractivity contribution in [3.63, 3.8) is 0 Å². The van der Waals surface area contributed by atoms with Crippen molar-refractivity contribution in [2.45, 2.75) is 83.3 Å². The number of alkyl halides is 2. The summed E-state index contributed by atoms with van der Waals surface area (Å²) in [6.07, 6.45) is -5.00. The average molecular weight is 639 g/mol. The molecule has 0 aliphatic carbocycles. The normalized spacial score (nSPS) is 14.9. The average Bonchev–Trinajstić information content (AvgIpc) is 3.04. The van der Waals surface area contributed by atoms with Crippen LogP contribution in [0.4, 0.5) is 8.78 Å². The van der Waals surface area contributed by atoms with E-state index in [2.05, 4.69) is 5.32 Å². The number of halogens is 2.